The zero-order valence-electron chi connectivity index (χ0n) is 12.0. The number of benzene rings is 1. The molecule has 3 aromatic rings. The molecule has 0 aliphatic heterocycles. The Morgan fingerprint density at radius 2 is 1.92 bits per heavy atom. The van der Waals surface area contributed by atoms with E-state index in [2.05, 4.69) is 15.8 Å². The highest BCUT2D eigenvalue weighted by molar-refractivity contribution is 7.20. The van der Waals surface area contributed by atoms with Gasteiger partial charge >= 0.3 is 0 Å². The molecule has 0 saturated heterocycles. The molecule has 9 heteroatoms. The molecule has 1 aromatic carbocycles. The third-order valence-corrected chi connectivity index (χ3v) is 5.70. The first kappa shape index (κ1) is 17.5. The molecule has 3 rings (SSSR count). The fourth-order valence-corrected chi connectivity index (χ4v) is 4.45. The van der Waals surface area contributed by atoms with Gasteiger partial charge in [-0.3, -0.25) is 15.6 Å². The molecule has 2 aromatic heterocycles. The summed E-state index contributed by atoms with van der Waals surface area (Å²) in [7, 11) is 0. The first-order valence-corrected chi connectivity index (χ1v) is 9.60. The first-order valence-electron chi connectivity index (χ1n) is 6.70. The van der Waals surface area contributed by atoms with Gasteiger partial charge in [-0.2, -0.15) is 0 Å². The Morgan fingerprint density at radius 3 is 2.58 bits per heavy atom. The average molecular weight is 419 g/mol. The van der Waals surface area contributed by atoms with Gasteiger partial charge in [-0.25, -0.2) is 4.98 Å². The number of halogens is 3. The van der Waals surface area contributed by atoms with Gasteiger partial charge in [0, 0.05) is 10.4 Å². The van der Waals surface area contributed by atoms with E-state index in [9.17, 15) is 4.79 Å². The summed E-state index contributed by atoms with van der Waals surface area (Å²) in [5, 5.41) is 5.83. The van der Waals surface area contributed by atoms with Crippen molar-refractivity contribution in [3.05, 3.63) is 55.8 Å². The predicted molar refractivity (Wildman–Crippen MR) is 102 cm³/mol. The summed E-state index contributed by atoms with van der Waals surface area (Å²) < 4.78 is 0. The largest absolute Gasteiger partial charge is 0.296 e. The van der Waals surface area contributed by atoms with Gasteiger partial charge in [0.25, 0.3) is 0 Å². The molecule has 2 heterocycles. The molecule has 0 spiro atoms. The van der Waals surface area contributed by atoms with Crippen LogP contribution in [0.4, 0.5) is 5.69 Å². The molecule has 0 unspecified atom stereocenters. The SMILES string of the molecule is O=C(Cc1csc(-c2cccs2)n1)NNc1c(Cl)cc(Cl)cc1Cl. The summed E-state index contributed by atoms with van der Waals surface area (Å²) in [6, 6.07) is 7.05. The zero-order chi connectivity index (χ0) is 17.1. The number of hydrogen-bond donors (Lipinski definition) is 2. The number of thiazole rings is 1. The van der Waals surface area contributed by atoms with Gasteiger partial charge in [-0.15, -0.1) is 22.7 Å². The monoisotopic (exact) mass is 417 g/mol. The number of aromatic nitrogens is 1. The number of carbonyl (C=O) groups is 1. The lowest BCUT2D eigenvalue weighted by molar-refractivity contribution is -0.120. The highest BCUT2D eigenvalue weighted by atomic mass is 35.5. The second-order valence-corrected chi connectivity index (χ2v) is 7.77. The minimum Gasteiger partial charge on any atom is -0.296 e. The fourth-order valence-electron chi connectivity index (χ4n) is 1.90. The van der Waals surface area contributed by atoms with Crippen LogP contribution in [0.25, 0.3) is 9.88 Å². The summed E-state index contributed by atoms with van der Waals surface area (Å²) in [6.45, 7) is 0. The van der Waals surface area contributed by atoms with Crippen LogP contribution in [0.15, 0.2) is 35.0 Å². The average Bonchev–Trinajstić information content (AvgIpc) is 3.16. The number of rotatable bonds is 5. The van der Waals surface area contributed by atoms with Gasteiger partial charge in [0.2, 0.25) is 5.91 Å². The maximum Gasteiger partial charge on any atom is 0.244 e. The van der Waals surface area contributed by atoms with E-state index >= 15 is 0 Å². The second kappa shape index (κ2) is 7.72. The van der Waals surface area contributed by atoms with E-state index in [0.29, 0.717) is 26.4 Å². The lowest BCUT2D eigenvalue weighted by Crippen LogP contribution is -2.31. The van der Waals surface area contributed by atoms with E-state index in [0.717, 1.165) is 9.88 Å². The summed E-state index contributed by atoms with van der Waals surface area (Å²) in [5.41, 5.74) is 6.38. The number of nitrogens with zero attached hydrogens (tertiary/aromatic N) is 1. The maximum absolute atomic E-state index is 12.1. The molecule has 1 amide bonds. The van der Waals surface area contributed by atoms with Gasteiger partial charge in [-0.1, -0.05) is 40.9 Å². The summed E-state index contributed by atoms with van der Waals surface area (Å²) in [5.74, 6) is -0.250. The molecule has 2 N–H and O–H groups in total. The first-order chi connectivity index (χ1) is 11.5. The van der Waals surface area contributed by atoms with Crippen molar-refractivity contribution < 1.29 is 4.79 Å². The van der Waals surface area contributed by atoms with Crippen molar-refractivity contribution in [1.29, 1.82) is 0 Å². The van der Waals surface area contributed by atoms with E-state index in [1.54, 1.807) is 11.3 Å². The van der Waals surface area contributed by atoms with Crippen molar-refractivity contribution in [3.63, 3.8) is 0 Å². The zero-order valence-corrected chi connectivity index (χ0v) is 15.9. The normalized spacial score (nSPS) is 10.6. The number of hydrogen-bond acceptors (Lipinski definition) is 5. The highest BCUT2D eigenvalue weighted by Gasteiger charge is 2.12. The summed E-state index contributed by atoms with van der Waals surface area (Å²) >= 11 is 21.1. The number of amides is 1. The van der Waals surface area contributed by atoms with Crippen molar-refractivity contribution in [3.8, 4) is 9.88 Å². The smallest absolute Gasteiger partial charge is 0.244 e. The Balaban J connectivity index is 1.61. The molecule has 0 aliphatic rings. The fraction of sp³-hybridized carbons (Fsp3) is 0.0667. The van der Waals surface area contributed by atoms with Crippen LogP contribution in [0.3, 0.4) is 0 Å². The van der Waals surface area contributed by atoms with Crippen molar-refractivity contribution in [2.75, 3.05) is 5.43 Å². The van der Waals surface area contributed by atoms with Crippen molar-refractivity contribution >= 4 is 69.1 Å². The molecule has 0 saturated carbocycles. The van der Waals surface area contributed by atoms with E-state index in [1.807, 2.05) is 22.9 Å². The van der Waals surface area contributed by atoms with Crippen molar-refractivity contribution in [1.82, 2.24) is 10.4 Å². The van der Waals surface area contributed by atoms with Crippen LogP contribution in [-0.2, 0) is 11.2 Å². The lowest BCUT2D eigenvalue weighted by Gasteiger charge is -2.11. The molecular formula is C15H10Cl3N3OS2. The topological polar surface area (TPSA) is 54.0 Å². The molecule has 0 bridgehead atoms. The van der Waals surface area contributed by atoms with Crippen molar-refractivity contribution in [2.24, 2.45) is 0 Å². The molecule has 4 nitrogen and oxygen atoms in total. The van der Waals surface area contributed by atoms with Crippen molar-refractivity contribution in [2.45, 2.75) is 6.42 Å². The molecule has 0 radical (unpaired) electrons. The third-order valence-electron chi connectivity index (χ3n) is 2.96. The predicted octanol–water partition coefficient (Wildman–Crippen LogP) is 5.52. The molecular weight excluding hydrogens is 409 g/mol. The third kappa shape index (κ3) is 4.20. The number of hydrazine groups is 1. The Hall–Kier alpha value is -1.31. The Labute approximate surface area is 161 Å². The Kier molecular flexibility index (Phi) is 5.63. The Bertz CT molecular complexity index is 842. The van der Waals surface area contributed by atoms with Crippen LogP contribution in [0.1, 0.15) is 5.69 Å². The van der Waals surface area contributed by atoms with E-state index in [4.69, 9.17) is 34.8 Å². The van der Waals surface area contributed by atoms with Gasteiger partial charge in [-0.05, 0) is 23.6 Å². The summed E-state index contributed by atoms with van der Waals surface area (Å²) in [6.07, 6.45) is 0.150. The number of anilines is 1. The van der Waals surface area contributed by atoms with Gasteiger partial charge in [0.1, 0.15) is 5.01 Å². The van der Waals surface area contributed by atoms with Crippen LogP contribution in [0.2, 0.25) is 15.1 Å². The maximum atomic E-state index is 12.1. The van der Waals surface area contributed by atoms with Crippen LogP contribution in [-0.4, -0.2) is 10.9 Å². The minimum atomic E-state index is -0.250. The highest BCUT2D eigenvalue weighted by Crippen LogP contribution is 2.33. The van der Waals surface area contributed by atoms with Crippen LogP contribution in [0.5, 0.6) is 0 Å². The second-order valence-electron chi connectivity index (χ2n) is 4.72. The number of carbonyl (C=O) groups excluding carboxylic acids is 1. The standard InChI is InChI=1S/C15H10Cl3N3OS2/c16-8-4-10(17)14(11(18)5-8)21-20-13(22)6-9-7-24-15(19-9)12-2-1-3-23-12/h1-5,7,21H,6H2,(H,20,22). The molecule has 0 fully saturated rings. The quantitative estimate of drug-likeness (QED) is 0.537. The number of nitrogens with one attached hydrogen (secondary N) is 2. The van der Waals surface area contributed by atoms with Crippen LogP contribution in [0, 0.1) is 0 Å². The van der Waals surface area contributed by atoms with Gasteiger partial charge in [0.15, 0.2) is 0 Å². The summed E-state index contributed by atoms with van der Waals surface area (Å²) in [4.78, 5) is 17.6. The van der Waals surface area contributed by atoms with Crippen LogP contribution >= 0.6 is 57.5 Å². The van der Waals surface area contributed by atoms with E-state index in [1.165, 1.54) is 23.5 Å². The van der Waals surface area contributed by atoms with Crippen LogP contribution < -0.4 is 10.9 Å². The van der Waals surface area contributed by atoms with Gasteiger partial charge < -0.3 is 0 Å². The molecule has 0 aliphatic carbocycles. The molecule has 0 atom stereocenters. The Morgan fingerprint density at radius 1 is 1.17 bits per heavy atom. The molecule has 24 heavy (non-hydrogen) atoms. The lowest BCUT2D eigenvalue weighted by atomic mass is 10.3. The van der Waals surface area contributed by atoms with E-state index < -0.39 is 0 Å². The van der Waals surface area contributed by atoms with E-state index in [-0.39, 0.29) is 12.3 Å². The van der Waals surface area contributed by atoms with Gasteiger partial charge in [0.05, 0.1) is 32.7 Å². The number of thiophene rings is 1. The molecule has 124 valence electrons. The minimum absolute atomic E-state index is 0.150.